The van der Waals surface area contributed by atoms with Crippen molar-refractivity contribution in [2.75, 3.05) is 11.9 Å². The van der Waals surface area contributed by atoms with Gasteiger partial charge in [0.25, 0.3) is 5.91 Å². The highest BCUT2D eigenvalue weighted by Crippen LogP contribution is 2.21. The van der Waals surface area contributed by atoms with E-state index in [-0.39, 0.29) is 5.91 Å². The third-order valence-corrected chi connectivity index (χ3v) is 4.57. The number of carbonyl (C=O) groups excluding carboxylic acids is 1. The number of carbonyl (C=O) groups is 1. The summed E-state index contributed by atoms with van der Waals surface area (Å²) in [5.41, 5.74) is 2.88. The Morgan fingerprint density at radius 3 is 2.52 bits per heavy atom. The maximum absolute atomic E-state index is 11.8. The molecule has 0 atom stereocenters. The second kappa shape index (κ2) is 7.27. The Hall–Kier alpha value is -1.81. The molecule has 112 valence electrons. The summed E-state index contributed by atoms with van der Waals surface area (Å²) in [4.78, 5) is 14.5. The Morgan fingerprint density at radius 1 is 1.14 bits per heavy atom. The predicted octanol–water partition coefficient (Wildman–Crippen LogP) is 3.98. The highest BCUT2D eigenvalue weighted by atomic mass is 32.1. The number of hydrogen-bond donors (Lipinski definition) is 2. The molecule has 0 saturated heterocycles. The molecule has 0 aliphatic carbocycles. The van der Waals surface area contributed by atoms with Crippen LogP contribution in [0.3, 0.4) is 0 Å². The van der Waals surface area contributed by atoms with Crippen molar-refractivity contribution in [2.45, 2.75) is 33.7 Å². The fourth-order valence-corrected chi connectivity index (χ4v) is 3.05. The first-order valence-corrected chi connectivity index (χ1v) is 8.16. The molecule has 0 saturated carbocycles. The predicted molar refractivity (Wildman–Crippen MR) is 90.2 cm³/mol. The fourth-order valence-electron chi connectivity index (χ4n) is 2.16. The summed E-state index contributed by atoms with van der Waals surface area (Å²) in [6, 6.07) is 10.1. The van der Waals surface area contributed by atoms with Crippen molar-refractivity contribution in [1.82, 2.24) is 5.32 Å². The molecule has 3 nitrogen and oxygen atoms in total. The average Bonchev–Trinajstić information content (AvgIpc) is 2.94. The van der Waals surface area contributed by atoms with Gasteiger partial charge >= 0.3 is 0 Å². The van der Waals surface area contributed by atoms with Gasteiger partial charge in [-0.25, -0.2) is 0 Å². The minimum absolute atomic E-state index is 0.0157. The first kappa shape index (κ1) is 15.6. The standard InChI is InChI=1S/C17H22N2OS/c1-4-14-7-8-15(21-14)11-19-16-9-6-13(10-12(16)3)17(20)18-5-2/h6-10,19H,4-5,11H2,1-3H3,(H,18,20). The lowest BCUT2D eigenvalue weighted by Crippen LogP contribution is -2.22. The van der Waals surface area contributed by atoms with Crippen molar-refractivity contribution in [2.24, 2.45) is 0 Å². The van der Waals surface area contributed by atoms with Crippen molar-refractivity contribution in [3.05, 3.63) is 51.2 Å². The zero-order valence-electron chi connectivity index (χ0n) is 12.8. The molecule has 1 aromatic heterocycles. The first-order valence-electron chi connectivity index (χ1n) is 7.34. The quantitative estimate of drug-likeness (QED) is 0.847. The van der Waals surface area contributed by atoms with E-state index in [0.717, 1.165) is 24.2 Å². The summed E-state index contributed by atoms with van der Waals surface area (Å²) in [5.74, 6) is -0.0157. The van der Waals surface area contributed by atoms with Crippen LogP contribution in [0.5, 0.6) is 0 Å². The zero-order chi connectivity index (χ0) is 15.2. The molecule has 4 heteroatoms. The number of benzene rings is 1. The number of hydrogen-bond acceptors (Lipinski definition) is 3. The molecule has 0 radical (unpaired) electrons. The van der Waals surface area contributed by atoms with Crippen LogP contribution in [0.25, 0.3) is 0 Å². The number of amides is 1. The molecule has 0 fully saturated rings. The highest BCUT2D eigenvalue weighted by Gasteiger charge is 2.07. The lowest BCUT2D eigenvalue weighted by molar-refractivity contribution is 0.0956. The van der Waals surface area contributed by atoms with E-state index in [9.17, 15) is 4.79 Å². The lowest BCUT2D eigenvalue weighted by atomic mass is 10.1. The van der Waals surface area contributed by atoms with Gasteiger partial charge in [0, 0.05) is 34.1 Å². The van der Waals surface area contributed by atoms with Crippen molar-refractivity contribution in [1.29, 1.82) is 0 Å². The maximum atomic E-state index is 11.8. The topological polar surface area (TPSA) is 41.1 Å². The van der Waals surface area contributed by atoms with Gasteiger partial charge in [0.15, 0.2) is 0 Å². The third kappa shape index (κ3) is 4.08. The van der Waals surface area contributed by atoms with E-state index >= 15 is 0 Å². The lowest BCUT2D eigenvalue weighted by Gasteiger charge is -2.10. The smallest absolute Gasteiger partial charge is 0.251 e. The summed E-state index contributed by atoms with van der Waals surface area (Å²) in [6.45, 7) is 7.60. The minimum Gasteiger partial charge on any atom is -0.380 e. The molecule has 0 aliphatic heterocycles. The Kier molecular flexibility index (Phi) is 5.39. The molecule has 2 N–H and O–H groups in total. The van der Waals surface area contributed by atoms with Crippen molar-refractivity contribution in [3.63, 3.8) is 0 Å². The molecule has 21 heavy (non-hydrogen) atoms. The molecule has 0 unspecified atom stereocenters. The number of nitrogens with one attached hydrogen (secondary N) is 2. The summed E-state index contributed by atoms with van der Waals surface area (Å²) < 4.78 is 0. The molecule has 1 aromatic carbocycles. The highest BCUT2D eigenvalue weighted by molar-refractivity contribution is 7.12. The molecule has 1 amide bonds. The van der Waals surface area contributed by atoms with Crippen LogP contribution < -0.4 is 10.6 Å². The second-order valence-corrected chi connectivity index (χ2v) is 6.22. The molecule has 1 heterocycles. The molecular formula is C17H22N2OS. The molecule has 2 aromatic rings. The van der Waals surface area contributed by atoms with E-state index in [4.69, 9.17) is 0 Å². The SMILES string of the molecule is CCNC(=O)c1ccc(NCc2ccc(CC)s2)c(C)c1. The van der Waals surface area contributed by atoms with E-state index in [2.05, 4.69) is 29.7 Å². The van der Waals surface area contributed by atoms with Gasteiger partial charge in [0.2, 0.25) is 0 Å². The molecule has 2 rings (SSSR count). The largest absolute Gasteiger partial charge is 0.380 e. The summed E-state index contributed by atoms with van der Waals surface area (Å²) in [7, 11) is 0. The van der Waals surface area contributed by atoms with Gasteiger partial charge in [-0.2, -0.15) is 0 Å². The van der Waals surface area contributed by atoms with Gasteiger partial charge in [-0.3, -0.25) is 4.79 Å². The Morgan fingerprint density at radius 2 is 1.90 bits per heavy atom. The van der Waals surface area contributed by atoms with E-state index < -0.39 is 0 Å². The number of rotatable bonds is 6. The first-order chi connectivity index (χ1) is 10.1. The van der Waals surface area contributed by atoms with Gasteiger partial charge in [-0.1, -0.05) is 6.92 Å². The van der Waals surface area contributed by atoms with E-state index in [1.165, 1.54) is 9.75 Å². The second-order valence-electron chi connectivity index (χ2n) is 4.96. The van der Waals surface area contributed by atoms with Gasteiger partial charge in [-0.05, 0) is 56.2 Å². The fraction of sp³-hybridized carbons (Fsp3) is 0.353. The Balaban J connectivity index is 2.02. The van der Waals surface area contributed by atoms with Crippen LogP contribution in [-0.4, -0.2) is 12.5 Å². The van der Waals surface area contributed by atoms with Crippen LogP contribution in [0.1, 0.15) is 39.5 Å². The summed E-state index contributed by atoms with van der Waals surface area (Å²) in [6.07, 6.45) is 1.09. The number of anilines is 1. The maximum Gasteiger partial charge on any atom is 0.251 e. The third-order valence-electron chi connectivity index (χ3n) is 3.34. The van der Waals surface area contributed by atoms with E-state index in [0.29, 0.717) is 12.1 Å². The molecule has 0 aliphatic rings. The van der Waals surface area contributed by atoms with Crippen LogP contribution in [0.4, 0.5) is 5.69 Å². The van der Waals surface area contributed by atoms with Crippen LogP contribution in [-0.2, 0) is 13.0 Å². The van der Waals surface area contributed by atoms with Crippen LogP contribution in [0.15, 0.2) is 30.3 Å². The van der Waals surface area contributed by atoms with E-state index in [1.807, 2.05) is 43.4 Å². The van der Waals surface area contributed by atoms with Crippen LogP contribution in [0, 0.1) is 6.92 Å². The number of thiophene rings is 1. The molecule has 0 spiro atoms. The summed E-state index contributed by atoms with van der Waals surface area (Å²) in [5, 5.41) is 6.26. The number of aryl methyl sites for hydroxylation is 2. The Labute approximate surface area is 130 Å². The molecular weight excluding hydrogens is 280 g/mol. The Bertz CT molecular complexity index is 619. The molecule has 0 bridgehead atoms. The van der Waals surface area contributed by atoms with Crippen LogP contribution >= 0.6 is 11.3 Å². The van der Waals surface area contributed by atoms with Crippen molar-refractivity contribution in [3.8, 4) is 0 Å². The van der Waals surface area contributed by atoms with Gasteiger partial charge in [0.05, 0.1) is 0 Å². The monoisotopic (exact) mass is 302 g/mol. The van der Waals surface area contributed by atoms with E-state index in [1.54, 1.807) is 0 Å². The zero-order valence-corrected chi connectivity index (χ0v) is 13.6. The van der Waals surface area contributed by atoms with Crippen LogP contribution in [0.2, 0.25) is 0 Å². The summed E-state index contributed by atoms with van der Waals surface area (Å²) >= 11 is 1.85. The normalized spacial score (nSPS) is 10.4. The van der Waals surface area contributed by atoms with Gasteiger partial charge < -0.3 is 10.6 Å². The van der Waals surface area contributed by atoms with Gasteiger partial charge in [-0.15, -0.1) is 11.3 Å². The van der Waals surface area contributed by atoms with Crippen molar-refractivity contribution < 1.29 is 4.79 Å². The average molecular weight is 302 g/mol. The van der Waals surface area contributed by atoms with Crippen molar-refractivity contribution >= 4 is 22.9 Å². The minimum atomic E-state index is -0.0157. The van der Waals surface area contributed by atoms with Gasteiger partial charge in [0.1, 0.15) is 0 Å².